The number of hydrogen-bond acceptors (Lipinski definition) is 5. The summed E-state index contributed by atoms with van der Waals surface area (Å²) in [4.78, 5) is 10.3. The van der Waals surface area contributed by atoms with E-state index in [9.17, 15) is 10.1 Å². The zero-order chi connectivity index (χ0) is 11.7. The predicted octanol–water partition coefficient (Wildman–Crippen LogP) is 1.39. The van der Waals surface area contributed by atoms with Crippen molar-refractivity contribution in [1.82, 2.24) is 0 Å². The topological polar surface area (TPSA) is 87.6 Å². The quantitative estimate of drug-likeness (QED) is 0.605. The van der Waals surface area contributed by atoms with Crippen LogP contribution < -0.4 is 15.2 Å². The van der Waals surface area contributed by atoms with Crippen molar-refractivity contribution in [3.63, 3.8) is 0 Å². The predicted molar refractivity (Wildman–Crippen MR) is 56.7 cm³/mol. The van der Waals surface area contributed by atoms with Crippen LogP contribution in [0.2, 0.25) is 0 Å². The molecule has 0 bridgehead atoms. The summed E-state index contributed by atoms with van der Waals surface area (Å²) in [6.07, 6.45) is 0.629. The SMILES string of the molecule is COc1ccc([N+](=O)[O-])c2c1[C@H](N)CCO2. The van der Waals surface area contributed by atoms with Crippen LogP contribution in [0.4, 0.5) is 5.69 Å². The van der Waals surface area contributed by atoms with Gasteiger partial charge < -0.3 is 15.2 Å². The summed E-state index contributed by atoms with van der Waals surface area (Å²) in [6, 6.07) is 2.64. The highest BCUT2D eigenvalue weighted by molar-refractivity contribution is 5.59. The molecule has 1 aliphatic heterocycles. The maximum Gasteiger partial charge on any atom is 0.311 e. The van der Waals surface area contributed by atoms with Crippen LogP contribution in [0.5, 0.6) is 11.5 Å². The number of nitrogens with two attached hydrogens (primary N) is 1. The number of nitro groups is 1. The van der Waals surface area contributed by atoms with Gasteiger partial charge in [0.15, 0.2) is 0 Å². The van der Waals surface area contributed by atoms with Crippen LogP contribution in [0.3, 0.4) is 0 Å². The lowest BCUT2D eigenvalue weighted by molar-refractivity contribution is -0.386. The molecule has 6 nitrogen and oxygen atoms in total. The molecule has 0 radical (unpaired) electrons. The van der Waals surface area contributed by atoms with Gasteiger partial charge in [0.2, 0.25) is 5.75 Å². The standard InChI is InChI=1S/C10H12N2O4/c1-15-8-3-2-7(12(13)14)10-9(8)6(11)4-5-16-10/h2-3,6H,4-5,11H2,1H3/t6-/m1/s1. The molecule has 0 amide bonds. The van der Waals surface area contributed by atoms with E-state index in [0.29, 0.717) is 24.3 Å². The average molecular weight is 224 g/mol. The van der Waals surface area contributed by atoms with Crippen molar-refractivity contribution in [2.45, 2.75) is 12.5 Å². The summed E-state index contributed by atoms with van der Waals surface area (Å²) in [7, 11) is 1.50. The first kappa shape index (κ1) is 10.7. The molecule has 86 valence electrons. The molecule has 1 aromatic rings. The van der Waals surface area contributed by atoms with Crippen molar-refractivity contribution in [2.75, 3.05) is 13.7 Å². The van der Waals surface area contributed by atoms with Gasteiger partial charge in [-0.3, -0.25) is 10.1 Å². The van der Waals surface area contributed by atoms with Gasteiger partial charge in [-0.1, -0.05) is 0 Å². The summed E-state index contributed by atoms with van der Waals surface area (Å²) in [5.74, 6) is 0.774. The van der Waals surface area contributed by atoms with Gasteiger partial charge >= 0.3 is 5.69 Å². The minimum Gasteiger partial charge on any atom is -0.496 e. The number of rotatable bonds is 2. The van der Waals surface area contributed by atoms with Crippen molar-refractivity contribution in [1.29, 1.82) is 0 Å². The second-order valence-electron chi connectivity index (χ2n) is 3.53. The summed E-state index contributed by atoms with van der Waals surface area (Å²) < 4.78 is 10.5. The first-order valence-corrected chi connectivity index (χ1v) is 4.88. The van der Waals surface area contributed by atoms with Gasteiger partial charge in [-0.15, -0.1) is 0 Å². The Balaban J connectivity index is 2.63. The second kappa shape index (κ2) is 3.97. The van der Waals surface area contributed by atoms with Crippen LogP contribution >= 0.6 is 0 Å². The largest absolute Gasteiger partial charge is 0.496 e. The van der Waals surface area contributed by atoms with Crippen LogP contribution in [-0.4, -0.2) is 18.6 Å². The molecule has 1 aromatic carbocycles. The Morgan fingerprint density at radius 1 is 1.62 bits per heavy atom. The van der Waals surface area contributed by atoms with Crippen molar-refractivity contribution in [3.8, 4) is 11.5 Å². The molecule has 0 saturated carbocycles. The smallest absolute Gasteiger partial charge is 0.311 e. The van der Waals surface area contributed by atoms with Crippen LogP contribution in [0.1, 0.15) is 18.0 Å². The first-order valence-electron chi connectivity index (χ1n) is 4.88. The number of ether oxygens (including phenoxy) is 2. The molecule has 16 heavy (non-hydrogen) atoms. The van der Waals surface area contributed by atoms with Crippen LogP contribution in [0.15, 0.2) is 12.1 Å². The molecule has 0 unspecified atom stereocenters. The van der Waals surface area contributed by atoms with Crippen molar-refractivity contribution in [3.05, 3.63) is 27.8 Å². The first-order chi connectivity index (χ1) is 7.65. The molecule has 0 aliphatic carbocycles. The van der Waals surface area contributed by atoms with E-state index < -0.39 is 4.92 Å². The Morgan fingerprint density at radius 3 is 3.00 bits per heavy atom. The van der Waals surface area contributed by atoms with E-state index >= 15 is 0 Å². The fourth-order valence-electron chi connectivity index (χ4n) is 1.83. The number of fused-ring (bicyclic) bond motifs is 1. The second-order valence-corrected chi connectivity index (χ2v) is 3.53. The molecule has 1 heterocycles. The maximum atomic E-state index is 10.8. The lowest BCUT2D eigenvalue weighted by Gasteiger charge is -2.24. The number of hydrogen-bond donors (Lipinski definition) is 1. The van der Waals surface area contributed by atoms with Gasteiger partial charge in [-0.25, -0.2) is 0 Å². The zero-order valence-corrected chi connectivity index (χ0v) is 8.80. The van der Waals surface area contributed by atoms with E-state index in [1.165, 1.54) is 13.2 Å². The number of nitro benzene ring substituents is 1. The molecule has 6 heteroatoms. The lowest BCUT2D eigenvalue weighted by Crippen LogP contribution is -2.22. The van der Waals surface area contributed by atoms with Crippen LogP contribution in [0.25, 0.3) is 0 Å². The maximum absolute atomic E-state index is 10.8. The Bertz CT molecular complexity index is 433. The highest BCUT2D eigenvalue weighted by Gasteiger charge is 2.29. The van der Waals surface area contributed by atoms with Crippen LogP contribution in [-0.2, 0) is 0 Å². The van der Waals surface area contributed by atoms with E-state index in [4.69, 9.17) is 15.2 Å². The monoisotopic (exact) mass is 224 g/mol. The summed E-state index contributed by atoms with van der Waals surface area (Å²) in [5, 5.41) is 10.8. The van der Waals surface area contributed by atoms with E-state index in [2.05, 4.69) is 0 Å². The molecule has 0 saturated heterocycles. The summed E-state index contributed by atoms with van der Waals surface area (Å²) in [5.41, 5.74) is 6.43. The fraction of sp³-hybridized carbons (Fsp3) is 0.400. The Kier molecular flexibility index (Phi) is 2.66. The highest BCUT2D eigenvalue weighted by atomic mass is 16.6. The zero-order valence-electron chi connectivity index (χ0n) is 8.80. The van der Waals surface area contributed by atoms with Crippen molar-refractivity contribution in [2.24, 2.45) is 5.73 Å². The summed E-state index contributed by atoms with van der Waals surface area (Å²) >= 11 is 0. The minimum absolute atomic E-state index is 0.0639. The average Bonchev–Trinajstić information content (AvgIpc) is 2.27. The molecule has 0 spiro atoms. The van der Waals surface area contributed by atoms with E-state index in [1.807, 2.05) is 0 Å². The molecular formula is C10H12N2O4. The fourth-order valence-corrected chi connectivity index (χ4v) is 1.83. The van der Waals surface area contributed by atoms with Crippen molar-refractivity contribution >= 4 is 5.69 Å². The number of nitrogens with zero attached hydrogens (tertiary/aromatic N) is 1. The molecule has 2 rings (SSSR count). The third-order valence-electron chi connectivity index (χ3n) is 2.60. The lowest BCUT2D eigenvalue weighted by atomic mass is 9.99. The summed E-state index contributed by atoms with van der Waals surface area (Å²) in [6.45, 7) is 0.391. The van der Waals surface area contributed by atoms with E-state index in [0.717, 1.165) is 0 Å². The van der Waals surface area contributed by atoms with Gasteiger partial charge in [0.1, 0.15) is 5.75 Å². The van der Waals surface area contributed by atoms with Gasteiger partial charge in [0.05, 0.1) is 24.2 Å². The van der Waals surface area contributed by atoms with Gasteiger partial charge in [0, 0.05) is 18.5 Å². The highest BCUT2D eigenvalue weighted by Crippen LogP contribution is 2.43. The molecule has 1 aliphatic rings. The number of benzene rings is 1. The molecule has 2 N–H and O–H groups in total. The van der Waals surface area contributed by atoms with E-state index in [-0.39, 0.29) is 17.5 Å². The molecular weight excluding hydrogens is 212 g/mol. The Labute approximate surface area is 92.1 Å². The molecule has 0 fully saturated rings. The van der Waals surface area contributed by atoms with Gasteiger partial charge in [-0.05, 0) is 6.07 Å². The third-order valence-corrected chi connectivity index (χ3v) is 2.60. The Morgan fingerprint density at radius 2 is 2.38 bits per heavy atom. The normalized spacial score (nSPS) is 18.5. The number of methoxy groups -OCH3 is 1. The molecule has 0 aromatic heterocycles. The van der Waals surface area contributed by atoms with Gasteiger partial charge in [-0.2, -0.15) is 0 Å². The Hall–Kier alpha value is -1.82. The van der Waals surface area contributed by atoms with Crippen LogP contribution in [0, 0.1) is 10.1 Å². The van der Waals surface area contributed by atoms with Crippen molar-refractivity contribution < 1.29 is 14.4 Å². The van der Waals surface area contributed by atoms with Gasteiger partial charge in [0.25, 0.3) is 0 Å². The minimum atomic E-state index is -0.476. The third kappa shape index (κ3) is 1.57. The molecule has 1 atom stereocenters. The van der Waals surface area contributed by atoms with E-state index in [1.54, 1.807) is 6.07 Å².